The number of nitrogens with zero attached hydrogens (tertiary/aromatic N) is 4. The third kappa shape index (κ3) is 2.30. The normalized spacial score (nSPS) is 17.2. The summed E-state index contributed by atoms with van der Waals surface area (Å²) in [6.07, 6.45) is 1.29. The Kier molecular flexibility index (Phi) is 3.61. The summed E-state index contributed by atoms with van der Waals surface area (Å²) in [4.78, 5) is 12.3. The van der Waals surface area contributed by atoms with Crippen LogP contribution in [0.4, 0.5) is 0 Å². The van der Waals surface area contributed by atoms with E-state index in [-0.39, 0.29) is 11.7 Å². The highest BCUT2D eigenvalue weighted by molar-refractivity contribution is 5.96. The zero-order valence-electron chi connectivity index (χ0n) is 13.7. The first kappa shape index (κ1) is 15.0. The van der Waals surface area contributed by atoms with Crippen molar-refractivity contribution in [2.45, 2.75) is 26.4 Å². The van der Waals surface area contributed by atoms with Crippen molar-refractivity contribution in [3.63, 3.8) is 0 Å². The average Bonchev–Trinajstić information content (AvgIpc) is 2.94. The largest absolute Gasteiger partial charge is 0.378 e. The van der Waals surface area contributed by atoms with E-state index in [9.17, 15) is 4.79 Å². The predicted octanol–water partition coefficient (Wildman–Crippen LogP) is 2.70. The lowest BCUT2D eigenvalue weighted by atomic mass is 9.90. The van der Waals surface area contributed by atoms with Crippen LogP contribution in [0.25, 0.3) is 16.8 Å². The van der Waals surface area contributed by atoms with Crippen LogP contribution >= 0.6 is 0 Å². The van der Waals surface area contributed by atoms with E-state index in [4.69, 9.17) is 9.84 Å². The Morgan fingerprint density at radius 3 is 2.75 bits per heavy atom. The molecule has 0 aliphatic heterocycles. The molecular formula is C18H18N4O2. The standard InChI is InChI=1S/C18H18N4O2/c1-11-8-14-17(15(23)9-11)19-20-18-16(12-6-4-3-5-7-12)13(10-24-2)21-22(14)18/h3-7,11H,8-10H2,1-2H3/t11-/m1/s1. The number of methoxy groups -OCH3 is 1. The third-order valence-electron chi connectivity index (χ3n) is 4.39. The van der Waals surface area contributed by atoms with Gasteiger partial charge < -0.3 is 4.74 Å². The second kappa shape index (κ2) is 5.79. The number of ketones is 1. The smallest absolute Gasteiger partial charge is 0.185 e. The number of carbonyl (C=O) groups is 1. The second-order valence-corrected chi connectivity index (χ2v) is 6.29. The first-order chi connectivity index (χ1) is 11.7. The van der Waals surface area contributed by atoms with Crippen molar-refractivity contribution < 1.29 is 9.53 Å². The van der Waals surface area contributed by atoms with Crippen LogP contribution in [-0.4, -0.2) is 32.7 Å². The quantitative estimate of drug-likeness (QED) is 0.741. The Morgan fingerprint density at radius 2 is 2.00 bits per heavy atom. The van der Waals surface area contributed by atoms with Gasteiger partial charge in [0.2, 0.25) is 0 Å². The molecule has 0 saturated heterocycles. The maximum Gasteiger partial charge on any atom is 0.185 e. The maximum atomic E-state index is 12.3. The first-order valence-corrected chi connectivity index (χ1v) is 8.03. The van der Waals surface area contributed by atoms with Gasteiger partial charge in [-0.1, -0.05) is 37.3 Å². The third-order valence-corrected chi connectivity index (χ3v) is 4.39. The lowest BCUT2D eigenvalue weighted by molar-refractivity contribution is 0.0944. The van der Waals surface area contributed by atoms with Crippen LogP contribution in [0.3, 0.4) is 0 Å². The Bertz CT molecular complexity index is 918. The second-order valence-electron chi connectivity index (χ2n) is 6.29. The van der Waals surface area contributed by atoms with E-state index in [1.165, 1.54) is 0 Å². The molecule has 1 atom stereocenters. The molecule has 0 radical (unpaired) electrons. The highest BCUT2D eigenvalue weighted by Crippen LogP contribution is 2.31. The lowest BCUT2D eigenvalue weighted by Gasteiger charge is -2.19. The molecule has 0 spiro atoms. The summed E-state index contributed by atoms with van der Waals surface area (Å²) in [5.74, 6) is 0.329. The van der Waals surface area contributed by atoms with Crippen LogP contribution in [0, 0.1) is 5.92 Å². The van der Waals surface area contributed by atoms with Crippen molar-refractivity contribution >= 4 is 11.4 Å². The van der Waals surface area contributed by atoms with Crippen molar-refractivity contribution in [3.8, 4) is 11.1 Å². The number of hydrogen-bond acceptors (Lipinski definition) is 5. The topological polar surface area (TPSA) is 69.4 Å². The van der Waals surface area contributed by atoms with Gasteiger partial charge in [0.05, 0.1) is 23.6 Å². The summed E-state index contributed by atoms with van der Waals surface area (Å²) < 4.78 is 7.10. The Morgan fingerprint density at radius 1 is 1.21 bits per heavy atom. The van der Waals surface area contributed by atoms with Gasteiger partial charge in [-0.15, -0.1) is 10.2 Å². The Balaban J connectivity index is 2.01. The molecule has 0 fully saturated rings. The molecule has 3 aromatic rings. The number of rotatable bonds is 3. The molecule has 1 aliphatic rings. The van der Waals surface area contributed by atoms with Crippen molar-refractivity contribution in [1.29, 1.82) is 0 Å². The van der Waals surface area contributed by atoms with Crippen LogP contribution in [-0.2, 0) is 17.8 Å². The highest BCUT2D eigenvalue weighted by atomic mass is 16.5. The van der Waals surface area contributed by atoms with Gasteiger partial charge in [0, 0.05) is 13.5 Å². The molecule has 0 bridgehead atoms. The number of Topliss-reactive ketones (excluding diaryl/α,β-unsaturated/α-hetero) is 1. The summed E-state index contributed by atoms with van der Waals surface area (Å²) in [6, 6.07) is 9.97. The molecule has 0 N–H and O–H groups in total. The van der Waals surface area contributed by atoms with E-state index in [0.29, 0.717) is 24.4 Å². The summed E-state index contributed by atoms with van der Waals surface area (Å²) in [7, 11) is 1.64. The highest BCUT2D eigenvalue weighted by Gasteiger charge is 2.29. The van der Waals surface area contributed by atoms with Gasteiger partial charge in [-0.25, -0.2) is 4.52 Å². The fraction of sp³-hybridized carbons (Fsp3) is 0.333. The number of ether oxygens (including phenoxy) is 1. The van der Waals surface area contributed by atoms with E-state index in [0.717, 1.165) is 28.9 Å². The van der Waals surface area contributed by atoms with Crippen LogP contribution in [0.2, 0.25) is 0 Å². The van der Waals surface area contributed by atoms with Gasteiger partial charge in [0.1, 0.15) is 0 Å². The van der Waals surface area contributed by atoms with Crippen molar-refractivity contribution in [1.82, 2.24) is 19.8 Å². The number of aromatic nitrogens is 4. The Hall–Kier alpha value is -2.60. The molecule has 2 heterocycles. The van der Waals surface area contributed by atoms with E-state index in [1.54, 1.807) is 11.6 Å². The maximum absolute atomic E-state index is 12.3. The van der Waals surface area contributed by atoms with Crippen molar-refractivity contribution in [2.75, 3.05) is 7.11 Å². The van der Waals surface area contributed by atoms with Crippen LogP contribution < -0.4 is 0 Å². The SMILES string of the molecule is COCc1nn2c3c(nnc2c1-c1ccccc1)C(=O)C[C@H](C)C3. The molecule has 0 unspecified atom stereocenters. The van der Waals surface area contributed by atoms with Crippen LogP contribution in [0.1, 0.15) is 35.2 Å². The summed E-state index contributed by atoms with van der Waals surface area (Å²) in [5.41, 5.74) is 4.71. The molecule has 0 saturated carbocycles. The fourth-order valence-electron chi connectivity index (χ4n) is 3.34. The molecular weight excluding hydrogens is 304 g/mol. The molecule has 4 rings (SSSR count). The molecule has 6 nitrogen and oxygen atoms in total. The predicted molar refractivity (Wildman–Crippen MR) is 88.7 cm³/mol. The number of hydrogen-bond donors (Lipinski definition) is 0. The monoisotopic (exact) mass is 322 g/mol. The number of fused-ring (bicyclic) bond motifs is 3. The number of carbonyl (C=O) groups excluding carboxylic acids is 1. The van der Waals surface area contributed by atoms with Gasteiger partial charge in [-0.3, -0.25) is 4.79 Å². The van der Waals surface area contributed by atoms with Crippen LogP contribution in [0.5, 0.6) is 0 Å². The fourth-order valence-corrected chi connectivity index (χ4v) is 3.34. The molecule has 1 aromatic carbocycles. The van der Waals surface area contributed by atoms with Gasteiger partial charge in [0.15, 0.2) is 17.1 Å². The van der Waals surface area contributed by atoms with Gasteiger partial charge in [-0.05, 0) is 17.9 Å². The van der Waals surface area contributed by atoms with E-state index in [1.807, 2.05) is 30.3 Å². The summed E-state index contributed by atoms with van der Waals surface area (Å²) in [6.45, 7) is 2.45. The van der Waals surface area contributed by atoms with E-state index < -0.39 is 0 Å². The zero-order chi connectivity index (χ0) is 16.7. The molecule has 0 amide bonds. The van der Waals surface area contributed by atoms with E-state index >= 15 is 0 Å². The van der Waals surface area contributed by atoms with Crippen molar-refractivity contribution in [2.24, 2.45) is 5.92 Å². The molecule has 6 heteroatoms. The number of benzene rings is 1. The van der Waals surface area contributed by atoms with Gasteiger partial charge >= 0.3 is 0 Å². The minimum absolute atomic E-state index is 0.0446. The summed E-state index contributed by atoms with van der Waals surface area (Å²) in [5, 5.41) is 13.2. The Labute approximate surface area is 139 Å². The molecule has 24 heavy (non-hydrogen) atoms. The minimum Gasteiger partial charge on any atom is -0.378 e. The van der Waals surface area contributed by atoms with Crippen molar-refractivity contribution in [3.05, 3.63) is 47.4 Å². The minimum atomic E-state index is 0.0446. The molecule has 122 valence electrons. The average molecular weight is 322 g/mol. The van der Waals surface area contributed by atoms with Gasteiger partial charge in [0.25, 0.3) is 0 Å². The molecule has 1 aliphatic carbocycles. The first-order valence-electron chi connectivity index (χ1n) is 8.03. The van der Waals surface area contributed by atoms with E-state index in [2.05, 4.69) is 17.1 Å². The molecule has 2 aromatic heterocycles. The summed E-state index contributed by atoms with van der Waals surface area (Å²) >= 11 is 0. The lowest BCUT2D eigenvalue weighted by Crippen LogP contribution is -2.23. The zero-order valence-corrected chi connectivity index (χ0v) is 13.7. The van der Waals surface area contributed by atoms with Crippen LogP contribution in [0.15, 0.2) is 30.3 Å². The van der Waals surface area contributed by atoms with Gasteiger partial charge in [-0.2, -0.15) is 5.10 Å².